The Labute approximate surface area is 199 Å². The number of aromatic nitrogens is 1. The van der Waals surface area contributed by atoms with Crippen LogP contribution < -0.4 is 5.32 Å². The van der Waals surface area contributed by atoms with Gasteiger partial charge in [0, 0.05) is 58.6 Å². The molecule has 1 aromatic heterocycles. The normalized spacial score (nSPS) is 10.2. The minimum Gasteiger partial charge on any atom is -0.351 e. The second-order valence-electron chi connectivity index (χ2n) is 6.90. The number of carbonyl (C=O) groups is 1. The summed E-state index contributed by atoms with van der Waals surface area (Å²) >= 11 is 6.88. The summed E-state index contributed by atoms with van der Waals surface area (Å²) in [6, 6.07) is 16.1. The van der Waals surface area contributed by atoms with E-state index in [1.807, 2.05) is 0 Å². The first-order valence-corrected chi connectivity index (χ1v) is 12.0. The Hall–Kier alpha value is -1.93. The molecule has 3 aromatic rings. The van der Waals surface area contributed by atoms with Gasteiger partial charge in [-0.15, -0.1) is 0 Å². The summed E-state index contributed by atoms with van der Waals surface area (Å²) in [6.45, 7) is 9.03. The van der Waals surface area contributed by atoms with Gasteiger partial charge < -0.3 is 5.32 Å². The van der Waals surface area contributed by atoms with E-state index in [9.17, 15) is 4.79 Å². The van der Waals surface area contributed by atoms with Crippen LogP contribution >= 0.6 is 36.7 Å². The quantitative estimate of drug-likeness (QED) is 0.308. The zero-order chi connectivity index (χ0) is 22.6. The topological polar surface area (TPSA) is 51.2 Å². The van der Waals surface area contributed by atoms with Crippen LogP contribution in [0.1, 0.15) is 32.6 Å². The van der Waals surface area contributed by atoms with Gasteiger partial charge in [0.15, 0.2) is 0 Å². The Morgan fingerprint density at radius 3 is 1.84 bits per heavy atom. The predicted octanol–water partition coefficient (Wildman–Crippen LogP) is 6.39. The maximum absolute atomic E-state index is 11.2. The fourth-order valence-corrected chi connectivity index (χ4v) is 4.31. The molecule has 0 spiro atoms. The first-order valence-electron chi connectivity index (χ1n) is 9.86. The molecule has 0 aliphatic rings. The van der Waals surface area contributed by atoms with Gasteiger partial charge in [0.25, 0.3) is 5.91 Å². The zero-order valence-electron chi connectivity index (χ0n) is 18.2. The molecule has 0 radical (unpaired) electrons. The van der Waals surface area contributed by atoms with Gasteiger partial charge in [-0.05, 0) is 62.1 Å². The van der Waals surface area contributed by atoms with Crippen LogP contribution in [-0.4, -0.2) is 23.2 Å². The fourth-order valence-electron chi connectivity index (χ4n) is 2.71. The lowest BCUT2D eigenvalue weighted by atomic mass is 10.2. The average molecular weight is 473 g/mol. The number of hydrogen-bond acceptors (Lipinski definition) is 6. The van der Waals surface area contributed by atoms with Crippen LogP contribution in [0.25, 0.3) is 0 Å². The van der Waals surface area contributed by atoms with Crippen molar-refractivity contribution >= 4 is 42.6 Å². The Balaban J connectivity index is 0.000000245. The lowest BCUT2D eigenvalue weighted by Gasteiger charge is -2.10. The molecule has 0 bridgehead atoms. The highest BCUT2D eigenvalue weighted by atomic mass is 32.2. The number of thiol groups is 1. The molecule has 0 fully saturated rings. The highest BCUT2D eigenvalue weighted by molar-refractivity contribution is 8.08. The van der Waals surface area contributed by atoms with Crippen LogP contribution in [0.5, 0.6) is 0 Å². The maximum Gasteiger partial charge on any atom is 0.252 e. The fraction of sp³-hybridized carbons (Fsp3) is 0.250. The molecule has 3 rings (SSSR count). The molecule has 0 atom stereocenters. The Morgan fingerprint density at radius 2 is 1.42 bits per heavy atom. The molecule has 0 aliphatic carbocycles. The standard InChI is InChI=1S/C16H18OS2.C8H10N2OS/c1-11-7-5-8-12(2)15(11)18-17-19-16-13(3)9-6-10-14(16)4;11-8(10-4-5-12)7-2-1-3-9-6-7/h5-10H,1-4H3;1-3,6,12H,4-5H2,(H,10,11). The molecule has 0 saturated carbocycles. The third-order valence-corrected chi connectivity index (χ3v) is 6.76. The van der Waals surface area contributed by atoms with Crippen molar-refractivity contribution in [3.63, 3.8) is 0 Å². The second kappa shape index (κ2) is 13.5. The molecule has 0 saturated heterocycles. The van der Waals surface area contributed by atoms with E-state index in [0.29, 0.717) is 17.9 Å². The van der Waals surface area contributed by atoms with Crippen molar-refractivity contribution in [1.82, 2.24) is 10.3 Å². The largest absolute Gasteiger partial charge is 0.351 e. The number of hydrogen-bond donors (Lipinski definition) is 2. The van der Waals surface area contributed by atoms with Gasteiger partial charge in [0.1, 0.15) is 0 Å². The summed E-state index contributed by atoms with van der Waals surface area (Å²) in [5.41, 5.74) is 5.61. The summed E-state index contributed by atoms with van der Waals surface area (Å²) in [4.78, 5) is 17.5. The molecule has 4 nitrogen and oxygen atoms in total. The highest BCUT2D eigenvalue weighted by Gasteiger charge is 2.07. The Bertz CT molecular complexity index is 890. The van der Waals surface area contributed by atoms with Crippen molar-refractivity contribution in [2.75, 3.05) is 12.3 Å². The number of rotatable bonds is 7. The maximum atomic E-state index is 11.2. The van der Waals surface area contributed by atoms with Gasteiger partial charge in [-0.3, -0.25) is 9.78 Å². The van der Waals surface area contributed by atoms with Crippen molar-refractivity contribution in [3.05, 3.63) is 88.7 Å². The van der Waals surface area contributed by atoms with Gasteiger partial charge in [-0.25, -0.2) is 3.63 Å². The number of aryl methyl sites for hydroxylation is 4. The summed E-state index contributed by atoms with van der Waals surface area (Å²) in [5.74, 6) is 0.545. The van der Waals surface area contributed by atoms with Crippen molar-refractivity contribution in [2.24, 2.45) is 0 Å². The third kappa shape index (κ3) is 8.26. The van der Waals surface area contributed by atoms with E-state index in [0.717, 1.165) is 0 Å². The lowest BCUT2D eigenvalue weighted by molar-refractivity contribution is 0.0956. The van der Waals surface area contributed by atoms with E-state index in [1.54, 1.807) is 18.3 Å². The minimum absolute atomic E-state index is 0.0999. The summed E-state index contributed by atoms with van der Waals surface area (Å²) in [5, 5.41) is 2.69. The molecule has 1 N–H and O–H groups in total. The smallest absolute Gasteiger partial charge is 0.252 e. The number of nitrogens with one attached hydrogen (secondary N) is 1. The van der Waals surface area contributed by atoms with Crippen LogP contribution in [-0.2, 0) is 3.63 Å². The van der Waals surface area contributed by atoms with Crippen LogP contribution in [0, 0.1) is 27.7 Å². The molecule has 1 heterocycles. The van der Waals surface area contributed by atoms with Gasteiger partial charge in [0.05, 0.1) is 5.56 Å². The first-order chi connectivity index (χ1) is 14.9. The van der Waals surface area contributed by atoms with E-state index < -0.39 is 0 Å². The molecular weight excluding hydrogens is 444 g/mol. The molecule has 31 heavy (non-hydrogen) atoms. The number of benzene rings is 2. The van der Waals surface area contributed by atoms with Crippen molar-refractivity contribution in [1.29, 1.82) is 0 Å². The van der Waals surface area contributed by atoms with Crippen LogP contribution in [0.15, 0.2) is 70.7 Å². The summed E-state index contributed by atoms with van der Waals surface area (Å²) in [7, 11) is 0. The third-order valence-electron chi connectivity index (χ3n) is 4.37. The highest BCUT2D eigenvalue weighted by Crippen LogP contribution is 2.35. The van der Waals surface area contributed by atoms with Crippen LogP contribution in [0.4, 0.5) is 0 Å². The molecular formula is C24H28N2O2S3. The number of carbonyl (C=O) groups excluding carboxylic acids is 1. The summed E-state index contributed by atoms with van der Waals surface area (Å²) < 4.78 is 5.76. The van der Waals surface area contributed by atoms with Crippen molar-refractivity contribution in [2.45, 2.75) is 37.5 Å². The van der Waals surface area contributed by atoms with Crippen LogP contribution in [0.3, 0.4) is 0 Å². The monoisotopic (exact) mass is 472 g/mol. The van der Waals surface area contributed by atoms with E-state index in [2.05, 4.69) is 87.0 Å². The van der Waals surface area contributed by atoms with Gasteiger partial charge in [0.2, 0.25) is 0 Å². The molecule has 0 unspecified atom stereocenters. The lowest BCUT2D eigenvalue weighted by Crippen LogP contribution is -2.25. The Morgan fingerprint density at radius 1 is 0.903 bits per heavy atom. The molecule has 2 aromatic carbocycles. The molecule has 1 amide bonds. The van der Waals surface area contributed by atoms with Gasteiger partial charge >= 0.3 is 0 Å². The number of pyridine rings is 1. The van der Waals surface area contributed by atoms with Crippen molar-refractivity contribution < 1.29 is 8.42 Å². The van der Waals surface area contributed by atoms with E-state index in [1.165, 1.54) is 62.3 Å². The zero-order valence-corrected chi connectivity index (χ0v) is 20.7. The van der Waals surface area contributed by atoms with E-state index >= 15 is 0 Å². The summed E-state index contributed by atoms with van der Waals surface area (Å²) in [6.07, 6.45) is 3.17. The Kier molecular flexibility index (Phi) is 11.0. The molecule has 164 valence electrons. The van der Waals surface area contributed by atoms with Gasteiger partial charge in [-0.2, -0.15) is 12.6 Å². The first kappa shape index (κ1) is 25.3. The number of nitrogens with zero attached hydrogens (tertiary/aromatic N) is 1. The average Bonchev–Trinajstić information content (AvgIpc) is 2.77. The number of amides is 1. The molecule has 7 heteroatoms. The van der Waals surface area contributed by atoms with Gasteiger partial charge in [-0.1, -0.05) is 36.4 Å². The van der Waals surface area contributed by atoms with Crippen molar-refractivity contribution in [3.8, 4) is 0 Å². The van der Waals surface area contributed by atoms with Crippen LogP contribution in [0.2, 0.25) is 0 Å². The van der Waals surface area contributed by atoms with E-state index in [4.69, 9.17) is 3.63 Å². The SMILES string of the molecule is Cc1cccc(C)c1SOSc1c(C)cccc1C.O=C(NCCS)c1cccnc1. The molecule has 0 aliphatic heterocycles. The van der Waals surface area contributed by atoms with E-state index in [-0.39, 0.29) is 5.91 Å². The minimum atomic E-state index is -0.0999. The second-order valence-corrected chi connectivity index (χ2v) is 9.04. The predicted molar refractivity (Wildman–Crippen MR) is 135 cm³/mol.